The monoisotopic (exact) mass is 478 g/mol. The van der Waals surface area contributed by atoms with Gasteiger partial charge in [-0.05, 0) is 24.3 Å². The van der Waals surface area contributed by atoms with Crippen molar-refractivity contribution in [3.05, 3.63) is 74.2 Å². The zero-order valence-electron chi connectivity index (χ0n) is 15.9. The fourth-order valence-electron chi connectivity index (χ4n) is 3.96. The average Bonchev–Trinajstić information content (AvgIpc) is 3.12. The zero-order chi connectivity index (χ0) is 22.6. The number of ether oxygens (including phenoxy) is 1. The third-order valence-corrected chi connectivity index (χ3v) is 7.72. The van der Waals surface area contributed by atoms with Crippen LogP contribution in [0.2, 0.25) is 0 Å². The highest BCUT2D eigenvalue weighted by atomic mass is 32.2. The molecule has 0 saturated heterocycles. The van der Waals surface area contributed by atoms with E-state index in [9.17, 15) is 27.6 Å². The van der Waals surface area contributed by atoms with Crippen LogP contribution >= 0.6 is 23.1 Å². The molecule has 6 nitrogen and oxygen atoms in total. The molecule has 0 aliphatic carbocycles. The van der Waals surface area contributed by atoms with E-state index in [-0.39, 0.29) is 10.6 Å². The summed E-state index contributed by atoms with van der Waals surface area (Å²) in [5, 5.41) is 1.93. The zero-order valence-corrected chi connectivity index (χ0v) is 17.6. The van der Waals surface area contributed by atoms with E-state index in [2.05, 4.69) is 10.3 Å². The number of halogens is 3. The SMILES string of the molecule is O=C1Oc2ccccc2[C@H]2c3sc(=O)[nH]c3S[C@@H](C(=O)Nc3cccc(C(F)(F)F)c3)[C@@H]12. The number of hydrogen-bond acceptors (Lipinski definition) is 6. The molecule has 1 amide bonds. The van der Waals surface area contributed by atoms with Gasteiger partial charge < -0.3 is 15.0 Å². The van der Waals surface area contributed by atoms with Crippen LogP contribution in [0.15, 0.2) is 58.4 Å². The van der Waals surface area contributed by atoms with Crippen molar-refractivity contribution in [2.45, 2.75) is 22.4 Å². The van der Waals surface area contributed by atoms with Crippen LogP contribution < -0.4 is 14.9 Å². The van der Waals surface area contributed by atoms with E-state index in [4.69, 9.17) is 4.74 Å². The van der Waals surface area contributed by atoms with Gasteiger partial charge in [-0.1, -0.05) is 47.4 Å². The number of nitrogens with one attached hydrogen (secondary N) is 2. The minimum absolute atomic E-state index is 0.0452. The normalized spacial score (nSPS) is 21.7. The number of aromatic nitrogens is 1. The maximum absolute atomic E-state index is 13.1. The maximum Gasteiger partial charge on any atom is 0.416 e. The Morgan fingerprint density at radius 1 is 1.09 bits per heavy atom. The Kier molecular flexibility index (Phi) is 4.90. The van der Waals surface area contributed by atoms with Crippen LogP contribution in [0, 0.1) is 5.92 Å². The Hall–Kier alpha value is -3.05. The number of carbonyl (C=O) groups excluding carboxylic acids is 2. The highest BCUT2D eigenvalue weighted by Gasteiger charge is 2.51. The van der Waals surface area contributed by atoms with E-state index in [1.807, 2.05) is 0 Å². The number of amides is 1. The number of hydrogen-bond donors (Lipinski definition) is 2. The van der Waals surface area contributed by atoms with Gasteiger partial charge in [0, 0.05) is 22.0 Å². The number of aromatic amines is 1. The second kappa shape index (κ2) is 7.52. The molecular formula is C21H13F3N2O4S2. The van der Waals surface area contributed by atoms with Crippen LogP contribution in [-0.4, -0.2) is 22.1 Å². The Balaban J connectivity index is 1.54. The Bertz CT molecular complexity index is 1300. The van der Waals surface area contributed by atoms with Gasteiger partial charge in [0.05, 0.1) is 16.5 Å². The summed E-state index contributed by atoms with van der Waals surface area (Å²) in [6, 6.07) is 11.1. The molecule has 2 aliphatic rings. The van der Waals surface area contributed by atoms with Gasteiger partial charge in [-0.25, -0.2) is 0 Å². The highest BCUT2D eigenvalue weighted by molar-refractivity contribution is 8.00. The number of fused-ring (bicyclic) bond motifs is 5. The number of esters is 1. The molecule has 11 heteroatoms. The number of alkyl halides is 3. The van der Waals surface area contributed by atoms with Gasteiger partial charge in [0.25, 0.3) is 0 Å². The van der Waals surface area contributed by atoms with Gasteiger partial charge in [0.15, 0.2) is 0 Å². The van der Waals surface area contributed by atoms with Crippen molar-refractivity contribution in [3.63, 3.8) is 0 Å². The van der Waals surface area contributed by atoms with Crippen molar-refractivity contribution in [1.29, 1.82) is 0 Å². The number of para-hydroxylation sites is 1. The summed E-state index contributed by atoms with van der Waals surface area (Å²) in [4.78, 5) is 41.1. The van der Waals surface area contributed by atoms with Crippen molar-refractivity contribution < 1.29 is 27.5 Å². The molecule has 0 unspecified atom stereocenters. The number of carbonyl (C=O) groups is 2. The number of thiazole rings is 1. The summed E-state index contributed by atoms with van der Waals surface area (Å²) in [5.41, 5.74) is -0.276. The molecule has 2 aromatic carbocycles. The van der Waals surface area contributed by atoms with Crippen LogP contribution in [0.1, 0.15) is 21.9 Å². The maximum atomic E-state index is 13.1. The molecule has 0 saturated carbocycles. The lowest BCUT2D eigenvalue weighted by Crippen LogP contribution is -2.46. The first-order chi connectivity index (χ1) is 15.2. The van der Waals surface area contributed by atoms with Crippen molar-refractivity contribution in [2.75, 3.05) is 5.32 Å². The number of H-pyrrole nitrogens is 1. The highest BCUT2D eigenvalue weighted by Crippen LogP contribution is 2.53. The van der Waals surface area contributed by atoms with E-state index in [0.29, 0.717) is 21.2 Å². The van der Waals surface area contributed by atoms with E-state index < -0.39 is 40.7 Å². The first kappa shape index (κ1) is 20.8. The summed E-state index contributed by atoms with van der Waals surface area (Å²) in [5.74, 6) is -2.45. The molecule has 0 bridgehead atoms. The predicted octanol–water partition coefficient (Wildman–Crippen LogP) is 4.24. The van der Waals surface area contributed by atoms with E-state index >= 15 is 0 Å². The quantitative estimate of drug-likeness (QED) is 0.425. The first-order valence-electron chi connectivity index (χ1n) is 9.41. The fraction of sp³-hybridized carbons (Fsp3) is 0.190. The lowest BCUT2D eigenvalue weighted by atomic mass is 9.80. The molecule has 1 aromatic heterocycles. The largest absolute Gasteiger partial charge is 0.426 e. The summed E-state index contributed by atoms with van der Waals surface area (Å²) in [6.07, 6.45) is -4.56. The van der Waals surface area contributed by atoms with Gasteiger partial charge in [-0.3, -0.25) is 14.4 Å². The fourth-order valence-corrected chi connectivity index (χ4v) is 6.42. The van der Waals surface area contributed by atoms with Crippen LogP contribution in [0.3, 0.4) is 0 Å². The van der Waals surface area contributed by atoms with Crippen molar-refractivity contribution >= 4 is 40.7 Å². The van der Waals surface area contributed by atoms with Gasteiger partial charge in [0.1, 0.15) is 11.0 Å². The number of benzene rings is 2. The summed E-state index contributed by atoms with van der Waals surface area (Å²) >= 11 is 1.97. The molecule has 0 radical (unpaired) electrons. The average molecular weight is 478 g/mol. The standard InChI is InChI=1S/C21H13F3N2O4S2/c22-21(23,24)9-4-3-5-10(8-9)25-17(27)15-14-13(16-18(31-15)26-20(29)32-16)11-6-1-2-7-12(11)30-19(14)28/h1-8,13-15H,(H,25,27)(H,26,29)/t13-,14+,15-/m1/s1. The molecule has 3 atom stereocenters. The lowest BCUT2D eigenvalue weighted by Gasteiger charge is -2.38. The molecule has 0 fully saturated rings. The Morgan fingerprint density at radius 2 is 1.88 bits per heavy atom. The van der Waals surface area contributed by atoms with Gasteiger partial charge in [0.2, 0.25) is 5.91 Å². The molecule has 3 aromatic rings. The summed E-state index contributed by atoms with van der Waals surface area (Å²) in [7, 11) is 0. The van der Waals surface area contributed by atoms with Crippen molar-refractivity contribution in [1.82, 2.24) is 4.98 Å². The minimum Gasteiger partial charge on any atom is -0.426 e. The molecule has 0 spiro atoms. The summed E-state index contributed by atoms with van der Waals surface area (Å²) in [6.45, 7) is 0. The molecule has 5 rings (SSSR count). The molecular weight excluding hydrogens is 465 g/mol. The predicted molar refractivity (Wildman–Crippen MR) is 112 cm³/mol. The molecule has 2 N–H and O–H groups in total. The number of rotatable bonds is 2. The lowest BCUT2D eigenvalue weighted by molar-refractivity contribution is -0.142. The second-order valence-electron chi connectivity index (χ2n) is 7.28. The smallest absolute Gasteiger partial charge is 0.416 e. The summed E-state index contributed by atoms with van der Waals surface area (Å²) < 4.78 is 44.5. The Labute approximate surface area is 186 Å². The second-order valence-corrected chi connectivity index (χ2v) is 9.44. The van der Waals surface area contributed by atoms with Gasteiger partial charge in [-0.15, -0.1) is 0 Å². The van der Waals surface area contributed by atoms with Crippen LogP contribution in [0.5, 0.6) is 5.75 Å². The van der Waals surface area contributed by atoms with Crippen LogP contribution in [-0.2, 0) is 15.8 Å². The van der Waals surface area contributed by atoms with E-state index in [0.717, 1.165) is 35.2 Å². The minimum atomic E-state index is -4.56. The van der Waals surface area contributed by atoms with Crippen LogP contribution in [0.4, 0.5) is 18.9 Å². The number of anilines is 1. The van der Waals surface area contributed by atoms with E-state index in [1.165, 1.54) is 12.1 Å². The van der Waals surface area contributed by atoms with E-state index in [1.54, 1.807) is 24.3 Å². The third-order valence-electron chi connectivity index (χ3n) is 5.31. The van der Waals surface area contributed by atoms with Crippen molar-refractivity contribution in [2.24, 2.45) is 5.92 Å². The van der Waals surface area contributed by atoms with Crippen LogP contribution in [0.25, 0.3) is 0 Å². The molecule has 164 valence electrons. The van der Waals surface area contributed by atoms with Gasteiger partial charge in [-0.2, -0.15) is 13.2 Å². The topological polar surface area (TPSA) is 88.3 Å². The molecule has 32 heavy (non-hydrogen) atoms. The van der Waals surface area contributed by atoms with Crippen molar-refractivity contribution in [3.8, 4) is 5.75 Å². The number of thioether (sulfide) groups is 1. The molecule has 3 heterocycles. The van der Waals surface area contributed by atoms with Gasteiger partial charge >= 0.3 is 17.0 Å². The molecule has 2 aliphatic heterocycles. The first-order valence-corrected chi connectivity index (χ1v) is 11.1. The third kappa shape index (κ3) is 3.51. The Morgan fingerprint density at radius 3 is 2.66 bits per heavy atom.